The van der Waals surface area contributed by atoms with Crippen molar-refractivity contribution in [1.82, 2.24) is 0 Å². The molecule has 0 radical (unpaired) electrons. The minimum Gasteiger partial charge on any atom is -0.395 e. The first-order chi connectivity index (χ1) is 7.35. The molecule has 3 N–H and O–H groups in total. The van der Waals surface area contributed by atoms with E-state index in [-0.39, 0.29) is 10.4 Å². The number of nitrogens with two attached hydrogens (primary N) is 1. The Bertz CT molecular complexity index is 380. The van der Waals surface area contributed by atoms with Gasteiger partial charge in [0.2, 0.25) is 0 Å². The van der Waals surface area contributed by atoms with Gasteiger partial charge in [-0.15, -0.1) is 0 Å². The molecule has 5 heteroatoms. The molecule has 0 amide bonds. The van der Waals surface area contributed by atoms with Crippen molar-refractivity contribution in [3.63, 3.8) is 0 Å². The highest BCUT2D eigenvalue weighted by molar-refractivity contribution is 7.99. The van der Waals surface area contributed by atoms with E-state index in [1.165, 1.54) is 6.07 Å². The number of hydrogen-bond donors (Lipinski definition) is 2. The zero-order valence-electron chi connectivity index (χ0n) is 9.60. The maximum atomic E-state index is 13.1. The summed E-state index contributed by atoms with van der Waals surface area (Å²) < 4.78 is 26.1. The maximum absolute atomic E-state index is 13.1. The van der Waals surface area contributed by atoms with Gasteiger partial charge in [-0.25, -0.2) is 8.78 Å². The number of anilines is 2. The van der Waals surface area contributed by atoms with Crippen molar-refractivity contribution >= 4 is 23.1 Å². The molecule has 0 heterocycles. The van der Waals surface area contributed by atoms with Gasteiger partial charge >= 0.3 is 0 Å². The molecule has 0 fully saturated rings. The third kappa shape index (κ3) is 3.27. The fourth-order valence-corrected chi connectivity index (χ4v) is 1.33. The van der Waals surface area contributed by atoms with Gasteiger partial charge < -0.3 is 11.1 Å². The van der Waals surface area contributed by atoms with Gasteiger partial charge in [-0.3, -0.25) is 0 Å². The van der Waals surface area contributed by atoms with Gasteiger partial charge in [0.15, 0.2) is 5.82 Å². The molecular formula is C11H16F2N2S. The first kappa shape index (κ1) is 13.1. The van der Waals surface area contributed by atoms with Crippen LogP contribution in [0.15, 0.2) is 12.1 Å². The molecule has 0 aliphatic rings. The van der Waals surface area contributed by atoms with E-state index in [2.05, 4.69) is 5.32 Å². The number of nitrogen functional groups attached to an aromatic ring is 1. The van der Waals surface area contributed by atoms with Crippen LogP contribution in [0.2, 0.25) is 0 Å². The average Bonchev–Trinajstić information content (AvgIpc) is 2.21. The van der Waals surface area contributed by atoms with E-state index >= 15 is 0 Å². The highest BCUT2D eigenvalue weighted by Gasteiger charge is 2.17. The van der Waals surface area contributed by atoms with Crippen LogP contribution >= 0.6 is 11.8 Å². The van der Waals surface area contributed by atoms with Crippen molar-refractivity contribution in [3.8, 4) is 0 Å². The Kier molecular flexibility index (Phi) is 4.02. The smallest absolute Gasteiger partial charge is 0.151 e. The second kappa shape index (κ2) is 4.91. The summed E-state index contributed by atoms with van der Waals surface area (Å²) in [4.78, 5) is 0. The van der Waals surface area contributed by atoms with Crippen LogP contribution in [-0.2, 0) is 0 Å². The van der Waals surface area contributed by atoms with E-state index in [1.54, 1.807) is 11.8 Å². The molecule has 1 rings (SSSR count). The third-order valence-electron chi connectivity index (χ3n) is 2.35. The van der Waals surface area contributed by atoms with Gasteiger partial charge in [0, 0.05) is 17.4 Å². The Morgan fingerprint density at radius 2 is 2.00 bits per heavy atom. The highest BCUT2D eigenvalue weighted by Crippen LogP contribution is 2.26. The fraction of sp³-hybridized carbons (Fsp3) is 0.455. The standard InChI is InChI=1S/C11H16F2N2S/c1-11(2,16-3)6-15-9-5-7(12)4-8(13)10(9)14/h4-5,15H,6,14H2,1-3H3. The molecule has 16 heavy (non-hydrogen) atoms. The van der Waals surface area contributed by atoms with Gasteiger partial charge in [0.05, 0.1) is 11.4 Å². The molecule has 0 atom stereocenters. The van der Waals surface area contributed by atoms with Crippen molar-refractivity contribution in [2.24, 2.45) is 0 Å². The number of nitrogens with one attached hydrogen (secondary N) is 1. The molecule has 0 aromatic heterocycles. The quantitative estimate of drug-likeness (QED) is 0.802. The van der Waals surface area contributed by atoms with E-state index in [4.69, 9.17) is 5.73 Å². The predicted molar refractivity (Wildman–Crippen MR) is 66.9 cm³/mol. The molecule has 1 aromatic carbocycles. The number of thioether (sulfide) groups is 1. The monoisotopic (exact) mass is 246 g/mol. The minimum atomic E-state index is -0.732. The topological polar surface area (TPSA) is 38.0 Å². The summed E-state index contributed by atoms with van der Waals surface area (Å²) in [5, 5.41) is 2.96. The van der Waals surface area contributed by atoms with Gasteiger partial charge in [-0.2, -0.15) is 11.8 Å². The van der Waals surface area contributed by atoms with Gasteiger partial charge in [0.1, 0.15) is 5.82 Å². The number of benzene rings is 1. The van der Waals surface area contributed by atoms with Crippen LogP contribution in [0.4, 0.5) is 20.2 Å². The maximum Gasteiger partial charge on any atom is 0.151 e. The number of halogens is 2. The first-order valence-corrected chi connectivity index (χ1v) is 6.12. The molecule has 0 spiro atoms. The predicted octanol–water partition coefficient (Wildman–Crippen LogP) is 3.10. The number of hydrogen-bond acceptors (Lipinski definition) is 3. The zero-order valence-corrected chi connectivity index (χ0v) is 10.4. The van der Waals surface area contributed by atoms with Crippen molar-refractivity contribution in [3.05, 3.63) is 23.8 Å². The molecular weight excluding hydrogens is 230 g/mol. The fourth-order valence-electron chi connectivity index (χ4n) is 1.11. The summed E-state index contributed by atoms with van der Waals surface area (Å²) in [5.74, 6) is -1.36. The van der Waals surface area contributed by atoms with E-state index in [0.29, 0.717) is 12.2 Å². The van der Waals surface area contributed by atoms with Crippen molar-refractivity contribution < 1.29 is 8.78 Å². The third-order valence-corrected chi connectivity index (χ3v) is 3.60. The van der Waals surface area contributed by atoms with E-state index < -0.39 is 11.6 Å². The Morgan fingerprint density at radius 3 is 2.56 bits per heavy atom. The minimum absolute atomic E-state index is 0.0186. The van der Waals surface area contributed by atoms with Crippen LogP contribution in [0.1, 0.15) is 13.8 Å². The lowest BCUT2D eigenvalue weighted by atomic mass is 10.2. The second-order valence-corrected chi connectivity index (χ2v) is 5.68. The van der Waals surface area contributed by atoms with Crippen LogP contribution < -0.4 is 11.1 Å². The molecule has 90 valence electrons. The molecule has 0 aliphatic carbocycles. The normalized spacial score (nSPS) is 11.6. The number of rotatable bonds is 4. The summed E-state index contributed by atoms with van der Waals surface area (Å²) in [6.45, 7) is 4.66. The van der Waals surface area contributed by atoms with Crippen LogP contribution in [0.25, 0.3) is 0 Å². The Balaban J connectivity index is 2.82. The van der Waals surface area contributed by atoms with E-state index in [9.17, 15) is 8.78 Å². The summed E-state index contributed by atoms with van der Waals surface area (Å²) in [7, 11) is 0. The first-order valence-electron chi connectivity index (χ1n) is 4.89. The van der Waals surface area contributed by atoms with Crippen molar-refractivity contribution in [2.75, 3.05) is 23.9 Å². The van der Waals surface area contributed by atoms with Gasteiger partial charge in [-0.1, -0.05) is 0 Å². The van der Waals surface area contributed by atoms with Crippen LogP contribution in [0, 0.1) is 11.6 Å². The lowest BCUT2D eigenvalue weighted by Crippen LogP contribution is -2.26. The Morgan fingerprint density at radius 1 is 1.38 bits per heavy atom. The largest absolute Gasteiger partial charge is 0.395 e. The molecule has 0 saturated carbocycles. The summed E-state index contributed by atoms with van der Waals surface area (Å²) >= 11 is 1.67. The van der Waals surface area contributed by atoms with Crippen LogP contribution in [-0.4, -0.2) is 17.5 Å². The van der Waals surface area contributed by atoms with Gasteiger partial charge in [0.25, 0.3) is 0 Å². The Labute approximate surface area is 98.6 Å². The zero-order chi connectivity index (χ0) is 12.3. The average molecular weight is 246 g/mol. The summed E-state index contributed by atoms with van der Waals surface area (Å²) in [6, 6.07) is 1.98. The summed E-state index contributed by atoms with van der Waals surface area (Å²) in [6.07, 6.45) is 1.98. The van der Waals surface area contributed by atoms with Crippen LogP contribution in [0.5, 0.6) is 0 Å². The lowest BCUT2D eigenvalue weighted by molar-refractivity contribution is 0.586. The van der Waals surface area contributed by atoms with Crippen LogP contribution in [0.3, 0.4) is 0 Å². The summed E-state index contributed by atoms with van der Waals surface area (Å²) in [5.41, 5.74) is 5.77. The van der Waals surface area contributed by atoms with E-state index in [1.807, 2.05) is 20.1 Å². The highest BCUT2D eigenvalue weighted by atomic mass is 32.2. The molecule has 0 aliphatic heterocycles. The lowest BCUT2D eigenvalue weighted by Gasteiger charge is -2.23. The van der Waals surface area contributed by atoms with Crippen molar-refractivity contribution in [2.45, 2.75) is 18.6 Å². The SMILES string of the molecule is CSC(C)(C)CNc1cc(F)cc(F)c1N. The van der Waals surface area contributed by atoms with E-state index in [0.717, 1.165) is 6.07 Å². The second-order valence-electron chi connectivity index (χ2n) is 4.17. The molecule has 0 unspecified atom stereocenters. The molecule has 2 nitrogen and oxygen atoms in total. The van der Waals surface area contributed by atoms with Crippen molar-refractivity contribution in [1.29, 1.82) is 0 Å². The molecule has 0 saturated heterocycles. The van der Waals surface area contributed by atoms with Gasteiger partial charge in [-0.05, 0) is 26.2 Å². The molecule has 0 bridgehead atoms. The Hall–Kier alpha value is -0.970. The molecule has 1 aromatic rings.